The highest BCUT2D eigenvalue weighted by Crippen LogP contribution is 2.11. The lowest BCUT2D eigenvalue weighted by Crippen LogP contribution is -2.16. The fourth-order valence-corrected chi connectivity index (χ4v) is 1.46. The third kappa shape index (κ3) is 3.06. The normalized spacial score (nSPS) is 9.47. The number of carbonyl (C=O) groups excluding carboxylic acids is 1. The summed E-state index contributed by atoms with van der Waals surface area (Å²) < 4.78 is 0. The number of aromatic nitrogens is 1. The molecule has 2 aromatic rings. The molecule has 0 radical (unpaired) electrons. The second kappa shape index (κ2) is 5.62. The summed E-state index contributed by atoms with van der Waals surface area (Å²) in [5, 5.41) is 11.4. The molecule has 0 aliphatic carbocycles. The number of nitrogens with zero attached hydrogens (tertiary/aromatic N) is 2. The standard InChI is InChI=1S/C13H11N5O/c14-8-9-4-6-10(7-5-9)16-13(19)11-2-1-3-12(17-11)18-15/h1-7H,15H2,(H,16,19)(H,17,18). The van der Waals surface area contributed by atoms with E-state index in [9.17, 15) is 4.79 Å². The molecule has 4 N–H and O–H groups in total. The van der Waals surface area contributed by atoms with Crippen LogP contribution in [-0.4, -0.2) is 10.9 Å². The minimum Gasteiger partial charge on any atom is -0.321 e. The molecule has 0 saturated heterocycles. The van der Waals surface area contributed by atoms with Crippen LogP contribution in [0, 0.1) is 11.3 Å². The summed E-state index contributed by atoms with van der Waals surface area (Å²) in [5.41, 5.74) is 3.75. The predicted molar refractivity (Wildman–Crippen MR) is 71.2 cm³/mol. The van der Waals surface area contributed by atoms with Crippen LogP contribution >= 0.6 is 0 Å². The highest BCUT2D eigenvalue weighted by Gasteiger charge is 2.08. The van der Waals surface area contributed by atoms with Gasteiger partial charge in [0.05, 0.1) is 11.6 Å². The van der Waals surface area contributed by atoms with Crippen molar-refractivity contribution in [3.8, 4) is 6.07 Å². The average Bonchev–Trinajstić information content (AvgIpc) is 2.48. The van der Waals surface area contributed by atoms with E-state index in [2.05, 4.69) is 15.7 Å². The van der Waals surface area contributed by atoms with Crippen LogP contribution in [0.1, 0.15) is 16.1 Å². The molecule has 0 atom stereocenters. The van der Waals surface area contributed by atoms with Crippen molar-refractivity contribution < 1.29 is 4.79 Å². The number of anilines is 2. The SMILES string of the molecule is N#Cc1ccc(NC(=O)c2cccc(NN)n2)cc1. The monoisotopic (exact) mass is 253 g/mol. The molecule has 0 spiro atoms. The molecule has 0 saturated carbocycles. The van der Waals surface area contributed by atoms with Gasteiger partial charge in [-0.2, -0.15) is 5.26 Å². The van der Waals surface area contributed by atoms with Crippen molar-refractivity contribution in [1.82, 2.24) is 4.98 Å². The third-order valence-electron chi connectivity index (χ3n) is 2.40. The Morgan fingerprint density at radius 3 is 2.58 bits per heavy atom. The van der Waals surface area contributed by atoms with Crippen molar-refractivity contribution >= 4 is 17.4 Å². The Bertz CT molecular complexity index is 630. The van der Waals surface area contributed by atoms with E-state index < -0.39 is 0 Å². The molecule has 0 unspecified atom stereocenters. The van der Waals surface area contributed by atoms with E-state index >= 15 is 0 Å². The highest BCUT2D eigenvalue weighted by atomic mass is 16.1. The minimum atomic E-state index is -0.346. The molecule has 0 aliphatic heterocycles. The molecule has 2 rings (SSSR count). The minimum absolute atomic E-state index is 0.250. The summed E-state index contributed by atoms with van der Waals surface area (Å²) in [7, 11) is 0. The number of amides is 1. The Morgan fingerprint density at radius 1 is 1.21 bits per heavy atom. The van der Waals surface area contributed by atoms with Crippen LogP contribution in [0.3, 0.4) is 0 Å². The molecule has 0 fully saturated rings. The van der Waals surface area contributed by atoms with Crippen LogP contribution in [0.2, 0.25) is 0 Å². The number of hydrogen-bond acceptors (Lipinski definition) is 5. The number of rotatable bonds is 3. The molecule has 0 bridgehead atoms. The van der Waals surface area contributed by atoms with E-state index in [1.807, 2.05) is 6.07 Å². The first kappa shape index (κ1) is 12.5. The molecular formula is C13H11N5O. The average molecular weight is 253 g/mol. The molecule has 19 heavy (non-hydrogen) atoms. The Labute approximate surface area is 109 Å². The van der Waals surface area contributed by atoms with Crippen LogP contribution in [0.4, 0.5) is 11.5 Å². The lowest BCUT2D eigenvalue weighted by molar-refractivity contribution is 0.102. The third-order valence-corrected chi connectivity index (χ3v) is 2.40. The quantitative estimate of drug-likeness (QED) is 0.568. The topological polar surface area (TPSA) is 104 Å². The van der Waals surface area contributed by atoms with Gasteiger partial charge in [-0.25, -0.2) is 10.8 Å². The van der Waals surface area contributed by atoms with Crippen LogP contribution in [0.15, 0.2) is 42.5 Å². The van der Waals surface area contributed by atoms with Crippen LogP contribution < -0.4 is 16.6 Å². The molecular weight excluding hydrogens is 242 g/mol. The summed E-state index contributed by atoms with van der Waals surface area (Å²) in [6, 6.07) is 13.5. The largest absolute Gasteiger partial charge is 0.321 e. The van der Waals surface area contributed by atoms with Gasteiger partial charge in [-0.3, -0.25) is 4.79 Å². The van der Waals surface area contributed by atoms with Gasteiger partial charge in [0, 0.05) is 5.69 Å². The number of hydrogen-bond donors (Lipinski definition) is 3. The van der Waals surface area contributed by atoms with E-state index in [4.69, 9.17) is 11.1 Å². The molecule has 6 heteroatoms. The van der Waals surface area contributed by atoms with Gasteiger partial charge in [0.1, 0.15) is 11.5 Å². The van der Waals surface area contributed by atoms with Gasteiger partial charge < -0.3 is 10.7 Å². The Balaban J connectivity index is 2.13. The number of nitrogens with one attached hydrogen (secondary N) is 2. The molecule has 1 aromatic carbocycles. The fourth-order valence-electron chi connectivity index (χ4n) is 1.46. The first-order chi connectivity index (χ1) is 9.22. The second-order valence-electron chi connectivity index (χ2n) is 3.70. The zero-order valence-corrected chi connectivity index (χ0v) is 9.92. The smallest absolute Gasteiger partial charge is 0.274 e. The molecule has 94 valence electrons. The molecule has 0 aliphatic rings. The fraction of sp³-hybridized carbons (Fsp3) is 0. The maximum atomic E-state index is 11.9. The number of carbonyl (C=O) groups is 1. The number of nitriles is 1. The number of nitrogen functional groups attached to an aromatic ring is 1. The van der Waals surface area contributed by atoms with Gasteiger partial charge in [0.15, 0.2) is 0 Å². The molecule has 1 amide bonds. The maximum Gasteiger partial charge on any atom is 0.274 e. The number of benzene rings is 1. The van der Waals surface area contributed by atoms with Gasteiger partial charge >= 0.3 is 0 Å². The van der Waals surface area contributed by atoms with E-state index in [0.29, 0.717) is 17.1 Å². The predicted octanol–water partition coefficient (Wildman–Crippen LogP) is 1.49. The maximum absolute atomic E-state index is 11.9. The summed E-state index contributed by atoms with van der Waals surface area (Å²) in [6.07, 6.45) is 0. The summed E-state index contributed by atoms with van der Waals surface area (Å²) in [5.74, 6) is 5.29. The van der Waals surface area contributed by atoms with Crippen molar-refractivity contribution in [2.75, 3.05) is 10.7 Å². The first-order valence-corrected chi connectivity index (χ1v) is 5.48. The zero-order valence-electron chi connectivity index (χ0n) is 9.92. The van der Waals surface area contributed by atoms with Crippen LogP contribution in [-0.2, 0) is 0 Å². The Morgan fingerprint density at radius 2 is 1.95 bits per heavy atom. The van der Waals surface area contributed by atoms with E-state index in [0.717, 1.165) is 0 Å². The van der Waals surface area contributed by atoms with Gasteiger partial charge in [-0.15, -0.1) is 0 Å². The van der Waals surface area contributed by atoms with Crippen molar-refractivity contribution in [1.29, 1.82) is 5.26 Å². The summed E-state index contributed by atoms with van der Waals surface area (Å²) in [4.78, 5) is 16.0. The van der Waals surface area contributed by atoms with Gasteiger partial charge in [0.25, 0.3) is 5.91 Å². The van der Waals surface area contributed by atoms with Gasteiger partial charge in [-0.05, 0) is 36.4 Å². The van der Waals surface area contributed by atoms with Crippen LogP contribution in [0.25, 0.3) is 0 Å². The van der Waals surface area contributed by atoms with Crippen LogP contribution in [0.5, 0.6) is 0 Å². The molecule has 1 aromatic heterocycles. The number of pyridine rings is 1. The first-order valence-electron chi connectivity index (χ1n) is 5.48. The molecule has 6 nitrogen and oxygen atoms in total. The lowest BCUT2D eigenvalue weighted by atomic mass is 10.2. The van der Waals surface area contributed by atoms with E-state index in [-0.39, 0.29) is 11.6 Å². The van der Waals surface area contributed by atoms with Crippen molar-refractivity contribution in [3.05, 3.63) is 53.7 Å². The number of nitrogens with two attached hydrogens (primary N) is 1. The summed E-state index contributed by atoms with van der Waals surface area (Å²) in [6.45, 7) is 0. The summed E-state index contributed by atoms with van der Waals surface area (Å²) >= 11 is 0. The lowest BCUT2D eigenvalue weighted by Gasteiger charge is -2.06. The zero-order chi connectivity index (χ0) is 13.7. The number of hydrazine groups is 1. The van der Waals surface area contributed by atoms with Crippen molar-refractivity contribution in [3.63, 3.8) is 0 Å². The second-order valence-corrected chi connectivity index (χ2v) is 3.70. The van der Waals surface area contributed by atoms with Gasteiger partial charge in [-0.1, -0.05) is 6.07 Å². The van der Waals surface area contributed by atoms with E-state index in [1.165, 1.54) is 0 Å². The van der Waals surface area contributed by atoms with Gasteiger partial charge in [0.2, 0.25) is 0 Å². The van der Waals surface area contributed by atoms with Crippen molar-refractivity contribution in [2.45, 2.75) is 0 Å². The van der Waals surface area contributed by atoms with Crippen molar-refractivity contribution in [2.24, 2.45) is 5.84 Å². The Hall–Kier alpha value is -2.91. The highest BCUT2D eigenvalue weighted by molar-refractivity contribution is 6.03. The Kier molecular flexibility index (Phi) is 3.71. The molecule has 1 heterocycles. The van der Waals surface area contributed by atoms with E-state index in [1.54, 1.807) is 42.5 Å².